The van der Waals surface area contributed by atoms with E-state index in [1.165, 1.54) is 38.8 Å². The lowest BCUT2D eigenvalue weighted by Crippen LogP contribution is -2.36. The van der Waals surface area contributed by atoms with Crippen LogP contribution in [0.4, 0.5) is 4.39 Å². The number of halogens is 1. The molecule has 0 radical (unpaired) electrons. The first-order valence-corrected chi connectivity index (χ1v) is 11.6. The number of aromatic nitrogens is 5. The Morgan fingerprint density at radius 3 is 2.62 bits per heavy atom. The van der Waals surface area contributed by atoms with E-state index in [1.54, 1.807) is 10.6 Å². The van der Waals surface area contributed by atoms with Gasteiger partial charge in [-0.15, -0.1) is 0 Å². The molecular weight excluding hydrogens is 403 g/mol. The molecule has 1 aliphatic carbocycles. The Balaban J connectivity index is 1.34. The van der Waals surface area contributed by atoms with Crippen LogP contribution in [0, 0.1) is 25.1 Å². The lowest BCUT2D eigenvalue weighted by Gasteiger charge is -2.38. The summed E-state index contributed by atoms with van der Waals surface area (Å²) in [5.74, 6) is 0.119. The van der Waals surface area contributed by atoms with E-state index in [1.807, 2.05) is 42.9 Å². The van der Waals surface area contributed by atoms with Gasteiger partial charge in [0.05, 0.1) is 23.3 Å². The predicted molar refractivity (Wildman–Crippen MR) is 122 cm³/mol. The Labute approximate surface area is 187 Å². The molecule has 2 aliphatic rings. The van der Waals surface area contributed by atoms with Gasteiger partial charge in [0.2, 0.25) is 0 Å². The molecule has 1 unspecified atom stereocenters. The molecular formula is C25H29FN6. The van der Waals surface area contributed by atoms with Crippen molar-refractivity contribution in [2.45, 2.75) is 51.9 Å². The molecule has 0 bridgehead atoms. The van der Waals surface area contributed by atoms with Gasteiger partial charge in [0.1, 0.15) is 0 Å². The molecule has 1 atom stereocenters. The van der Waals surface area contributed by atoms with E-state index in [4.69, 9.17) is 4.98 Å². The average molecular weight is 433 g/mol. The van der Waals surface area contributed by atoms with E-state index >= 15 is 4.39 Å². The molecule has 1 spiro atoms. The van der Waals surface area contributed by atoms with Crippen LogP contribution in [0.1, 0.15) is 55.0 Å². The summed E-state index contributed by atoms with van der Waals surface area (Å²) < 4.78 is 18.7. The highest BCUT2D eigenvalue weighted by atomic mass is 19.1. The summed E-state index contributed by atoms with van der Waals surface area (Å²) >= 11 is 0. The van der Waals surface area contributed by atoms with Gasteiger partial charge in [0.15, 0.2) is 17.1 Å². The molecule has 7 heteroatoms. The van der Waals surface area contributed by atoms with Crippen molar-refractivity contribution in [3.63, 3.8) is 0 Å². The van der Waals surface area contributed by atoms with Gasteiger partial charge in [-0.25, -0.2) is 18.9 Å². The SMILES string of the molecule is Cc1cn2nc(-c3cc(F)c4nc(C5CCC6(CCN(C)CC6)C5)cn4c3)cc(C)c2n1. The molecule has 32 heavy (non-hydrogen) atoms. The highest BCUT2D eigenvalue weighted by Gasteiger charge is 2.41. The summed E-state index contributed by atoms with van der Waals surface area (Å²) in [6, 6.07) is 3.53. The zero-order chi connectivity index (χ0) is 22.0. The molecule has 0 amide bonds. The second-order valence-electron chi connectivity index (χ2n) is 10.1. The molecule has 6 rings (SSSR count). The molecule has 1 aliphatic heterocycles. The molecule has 5 heterocycles. The highest BCUT2D eigenvalue weighted by molar-refractivity contribution is 5.64. The lowest BCUT2D eigenvalue weighted by atomic mass is 9.76. The zero-order valence-electron chi connectivity index (χ0n) is 19.0. The Morgan fingerprint density at radius 1 is 1.00 bits per heavy atom. The van der Waals surface area contributed by atoms with Crippen LogP contribution in [0.15, 0.2) is 30.7 Å². The third-order valence-corrected chi connectivity index (χ3v) is 7.72. The van der Waals surface area contributed by atoms with Crippen LogP contribution in [0.5, 0.6) is 0 Å². The van der Waals surface area contributed by atoms with Gasteiger partial charge >= 0.3 is 0 Å². The smallest absolute Gasteiger partial charge is 0.173 e. The normalized spacial score (nSPS) is 21.3. The molecule has 6 nitrogen and oxygen atoms in total. The van der Waals surface area contributed by atoms with Crippen molar-refractivity contribution in [2.24, 2.45) is 5.41 Å². The first-order valence-electron chi connectivity index (χ1n) is 11.6. The molecule has 2 fully saturated rings. The van der Waals surface area contributed by atoms with Crippen LogP contribution in [-0.4, -0.2) is 49.0 Å². The molecule has 166 valence electrons. The molecule has 0 aromatic carbocycles. The topological polar surface area (TPSA) is 50.7 Å². The third-order valence-electron chi connectivity index (χ3n) is 7.72. The fourth-order valence-corrected chi connectivity index (χ4v) is 5.81. The van der Waals surface area contributed by atoms with Gasteiger partial charge in [-0.05, 0) is 89.2 Å². The van der Waals surface area contributed by atoms with Crippen LogP contribution in [0.25, 0.3) is 22.6 Å². The van der Waals surface area contributed by atoms with Crippen LogP contribution < -0.4 is 0 Å². The fraction of sp³-hybridized carbons (Fsp3) is 0.480. The summed E-state index contributed by atoms with van der Waals surface area (Å²) in [7, 11) is 2.21. The Hall–Kier alpha value is -2.80. The van der Waals surface area contributed by atoms with Gasteiger partial charge in [0, 0.05) is 23.9 Å². The quantitative estimate of drug-likeness (QED) is 0.457. The van der Waals surface area contributed by atoms with Crippen molar-refractivity contribution in [1.29, 1.82) is 0 Å². The fourth-order valence-electron chi connectivity index (χ4n) is 5.81. The van der Waals surface area contributed by atoms with Crippen LogP contribution >= 0.6 is 0 Å². The zero-order valence-corrected chi connectivity index (χ0v) is 19.0. The predicted octanol–water partition coefficient (Wildman–Crippen LogP) is 4.78. The van der Waals surface area contributed by atoms with Crippen LogP contribution in [-0.2, 0) is 0 Å². The van der Waals surface area contributed by atoms with E-state index in [9.17, 15) is 0 Å². The molecule has 4 aromatic heterocycles. The summed E-state index contributed by atoms with van der Waals surface area (Å²) in [4.78, 5) is 11.7. The maximum absolute atomic E-state index is 15.1. The first-order chi connectivity index (χ1) is 15.4. The van der Waals surface area contributed by atoms with E-state index in [2.05, 4.69) is 22.0 Å². The van der Waals surface area contributed by atoms with Gasteiger partial charge in [-0.1, -0.05) is 0 Å². The number of pyridine rings is 1. The number of likely N-dealkylation sites (tertiary alicyclic amines) is 1. The molecule has 0 N–H and O–H groups in total. The van der Waals surface area contributed by atoms with Crippen molar-refractivity contribution >= 4 is 11.3 Å². The maximum Gasteiger partial charge on any atom is 0.173 e. The molecule has 1 saturated heterocycles. The Kier molecular flexibility index (Phi) is 4.41. The van der Waals surface area contributed by atoms with Crippen molar-refractivity contribution in [1.82, 2.24) is 28.9 Å². The van der Waals surface area contributed by atoms with Crippen molar-refractivity contribution < 1.29 is 4.39 Å². The third kappa shape index (κ3) is 3.22. The minimum Gasteiger partial charge on any atom is -0.306 e. The average Bonchev–Trinajstić information content (AvgIpc) is 3.47. The summed E-state index contributed by atoms with van der Waals surface area (Å²) in [6.45, 7) is 6.33. The second kappa shape index (κ2) is 7.10. The highest BCUT2D eigenvalue weighted by Crippen LogP contribution is 2.52. The number of nitrogens with zero attached hydrogens (tertiary/aromatic N) is 6. The van der Waals surface area contributed by atoms with Gasteiger partial charge in [-0.3, -0.25) is 0 Å². The number of imidazole rings is 2. The summed E-state index contributed by atoms with van der Waals surface area (Å²) in [6.07, 6.45) is 12.0. The number of aryl methyl sites for hydroxylation is 2. The number of hydrogen-bond acceptors (Lipinski definition) is 4. The van der Waals surface area contributed by atoms with Crippen molar-refractivity contribution in [3.05, 3.63) is 53.5 Å². The first kappa shape index (κ1) is 19.9. The van der Waals surface area contributed by atoms with E-state index in [-0.39, 0.29) is 5.82 Å². The summed E-state index contributed by atoms with van der Waals surface area (Å²) in [5, 5.41) is 4.67. The lowest BCUT2D eigenvalue weighted by molar-refractivity contribution is 0.126. The standard InChI is InChI=1S/C25H29FN6/c1-16-10-21(29-32-13-17(2)27-23(16)32)19-11-20(26)24-28-22(15-31(24)14-19)18-4-5-25(12-18)6-8-30(3)9-7-25/h10-11,13-15,18H,4-9,12H2,1-3H3. The summed E-state index contributed by atoms with van der Waals surface area (Å²) in [5.41, 5.74) is 6.13. The van der Waals surface area contributed by atoms with Gasteiger partial charge < -0.3 is 9.30 Å². The second-order valence-corrected chi connectivity index (χ2v) is 10.1. The largest absolute Gasteiger partial charge is 0.306 e. The molecule has 1 saturated carbocycles. The van der Waals surface area contributed by atoms with E-state index in [0.717, 1.165) is 40.3 Å². The molecule has 4 aromatic rings. The van der Waals surface area contributed by atoms with Crippen LogP contribution in [0.3, 0.4) is 0 Å². The number of piperidine rings is 1. The Morgan fingerprint density at radius 2 is 1.81 bits per heavy atom. The Bertz CT molecular complexity index is 1330. The monoisotopic (exact) mass is 432 g/mol. The minimum absolute atomic E-state index is 0.304. The van der Waals surface area contributed by atoms with Crippen LogP contribution in [0.2, 0.25) is 0 Å². The number of rotatable bonds is 2. The maximum atomic E-state index is 15.1. The van der Waals surface area contributed by atoms with Gasteiger partial charge in [-0.2, -0.15) is 5.10 Å². The minimum atomic E-state index is -0.304. The number of fused-ring (bicyclic) bond motifs is 2. The number of hydrogen-bond donors (Lipinski definition) is 0. The van der Waals surface area contributed by atoms with Gasteiger partial charge in [0.25, 0.3) is 0 Å². The van der Waals surface area contributed by atoms with E-state index < -0.39 is 0 Å². The van der Waals surface area contributed by atoms with E-state index in [0.29, 0.717) is 17.0 Å². The van der Waals surface area contributed by atoms with Crippen molar-refractivity contribution in [2.75, 3.05) is 20.1 Å². The van der Waals surface area contributed by atoms with Crippen molar-refractivity contribution in [3.8, 4) is 11.3 Å².